The lowest BCUT2D eigenvalue weighted by Gasteiger charge is -2.25. The van der Waals surface area contributed by atoms with Crippen LogP contribution in [0.2, 0.25) is 0 Å². The van der Waals surface area contributed by atoms with Gasteiger partial charge in [-0.3, -0.25) is 4.79 Å². The molecule has 0 aliphatic heterocycles. The van der Waals surface area contributed by atoms with Crippen molar-refractivity contribution in [2.75, 3.05) is 19.0 Å². The molecule has 0 spiro atoms. The predicted octanol–water partition coefficient (Wildman–Crippen LogP) is 0.591. The summed E-state index contributed by atoms with van der Waals surface area (Å²) in [6, 6.07) is 2.90. The number of rotatable bonds is 4. The lowest BCUT2D eigenvalue weighted by atomic mass is 9.88. The van der Waals surface area contributed by atoms with Crippen molar-refractivity contribution in [3.05, 3.63) is 23.9 Å². The van der Waals surface area contributed by atoms with Gasteiger partial charge >= 0.3 is 5.97 Å². The zero-order chi connectivity index (χ0) is 12.6. The van der Waals surface area contributed by atoms with Gasteiger partial charge in [-0.1, -0.05) is 6.07 Å². The van der Waals surface area contributed by atoms with Gasteiger partial charge in [-0.25, -0.2) is 4.98 Å². The first-order chi connectivity index (χ1) is 7.99. The average molecular weight is 235 g/mol. The molecule has 5 nitrogen and oxygen atoms in total. The summed E-state index contributed by atoms with van der Waals surface area (Å²) in [6.07, 6.45) is 3.33. The van der Waals surface area contributed by atoms with Crippen molar-refractivity contribution in [2.24, 2.45) is 5.73 Å². The number of nitrogens with zero attached hydrogens (tertiary/aromatic N) is 2. The summed E-state index contributed by atoms with van der Waals surface area (Å²) in [5.41, 5.74) is 6.33. The number of anilines is 1. The maximum Gasteiger partial charge on any atom is 0.321 e. The number of nitrogens with two attached hydrogens (primary N) is 1. The Morgan fingerprint density at radius 1 is 1.59 bits per heavy atom. The van der Waals surface area contributed by atoms with E-state index in [0.717, 1.165) is 24.2 Å². The highest BCUT2D eigenvalue weighted by Gasteiger charge is 2.53. The quantitative estimate of drug-likeness (QED) is 0.798. The van der Waals surface area contributed by atoms with E-state index in [4.69, 9.17) is 10.8 Å². The molecule has 2 rings (SSSR count). The number of hydrogen-bond donors (Lipinski definition) is 2. The normalized spacial score (nSPS) is 18.5. The third kappa shape index (κ3) is 1.86. The number of pyridine rings is 1. The molecule has 1 aliphatic rings. The molecule has 1 aromatic heterocycles. The van der Waals surface area contributed by atoms with Crippen LogP contribution in [0.5, 0.6) is 0 Å². The molecule has 1 saturated carbocycles. The second kappa shape index (κ2) is 4.00. The van der Waals surface area contributed by atoms with Crippen LogP contribution < -0.4 is 10.6 Å². The van der Waals surface area contributed by atoms with Gasteiger partial charge in [-0.05, 0) is 18.9 Å². The number of hydrogen-bond acceptors (Lipinski definition) is 4. The van der Waals surface area contributed by atoms with E-state index in [2.05, 4.69) is 4.98 Å². The van der Waals surface area contributed by atoms with Crippen molar-refractivity contribution in [2.45, 2.75) is 24.3 Å². The molecular weight excluding hydrogens is 218 g/mol. The molecule has 5 heteroatoms. The summed E-state index contributed by atoms with van der Waals surface area (Å²) < 4.78 is 0. The van der Waals surface area contributed by atoms with Gasteiger partial charge < -0.3 is 15.7 Å². The fourth-order valence-electron chi connectivity index (χ4n) is 2.26. The standard InChI is InChI=1S/C12H17N3O2/c1-15(2)10-8(4-3-7-14-10)12(5-6-12)9(13)11(16)17/h3-4,7,9H,5-6,13H2,1-2H3,(H,16,17). The lowest BCUT2D eigenvalue weighted by Crippen LogP contribution is -2.42. The van der Waals surface area contributed by atoms with Gasteiger partial charge in [0.15, 0.2) is 0 Å². The zero-order valence-corrected chi connectivity index (χ0v) is 10.1. The van der Waals surface area contributed by atoms with Gasteiger partial charge in [0.05, 0.1) is 0 Å². The molecule has 1 heterocycles. The van der Waals surface area contributed by atoms with Gasteiger partial charge in [0.1, 0.15) is 11.9 Å². The molecule has 0 aromatic carbocycles. The molecule has 17 heavy (non-hydrogen) atoms. The smallest absolute Gasteiger partial charge is 0.321 e. The summed E-state index contributed by atoms with van der Waals surface area (Å²) in [7, 11) is 3.79. The molecular formula is C12H17N3O2. The third-order valence-corrected chi connectivity index (χ3v) is 3.40. The van der Waals surface area contributed by atoms with E-state index in [1.165, 1.54) is 0 Å². The minimum Gasteiger partial charge on any atom is -0.480 e. The number of carboxylic acid groups (broad SMARTS) is 1. The molecule has 1 aromatic rings. The van der Waals surface area contributed by atoms with Crippen LogP contribution in [0, 0.1) is 0 Å². The Labute approximate surface area is 100 Å². The Kier molecular flexibility index (Phi) is 2.79. The van der Waals surface area contributed by atoms with Crippen LogP contribution in [0.15, 0.2) is 18.3 Å². The van der Waals surface area contributed by atoms with E-state index in [1.54, 1.807) is 6.20 Å². The summed E-state index contributed by atoms with van der Waals surface area (Å²) in [5.74, 6) is -0.141. The van der Waals surface area contributed by atoms with E-state index in [1.807, 2.05) is 31.1 Å². The second-order valence-electron chi connectivity index (χ2n) is 4.74. The molecule has 92 valence electrons. The molecule has 1 fully saturated rings. The average Bonchev–Trinajstić information content (AvgIpc) is 3.09. The topological polar surface area (TPSA) is 79.5 Å². The summed E-state index contributed by atoms with van der Waals surface area (Å²) in [4.78, 5) is 17.3. The van der Waals surface area contributed by atoms with Crippen molar-refractivity contribution >= 4 is 11.8 Å². The molecule has 1 unspecified atom stereocenters. The zero-order valence-electron chi connectivity index (χ0n) is 10.1. The highest BCUT2D eigenvalue weighted by Crippen LogP contribution is 2.52. The maximum absolute atomic E-state index is 11.1. The SMILES string of the molecule is CN(C)c1ncccc1C1(C(N)C(=O)O)CC1. The molecule has 3 N–H and O–H groups in total. The van der Waals surface area contributed by atoms with Crippen molar-refractivity contribution in [1.29, 1.82) is 0 Å². The Morgan fingerprint density at radius 2 is 2.24 bits per heavy atom. The monoisotopic (exact) mass is 235 g/mol. The first kappa shape index (κ1) is 11.9. The fourth-order valence-corrected chi connectivity index (χ4v) is 2.26. The molecule has 0 amide bonds. The van der Waals surface area contributed by atoms with Gasteiger partial charge in [0.25, 0.3) is 0 Å². The highest BCUT2D eigenvalue weighted by atomic mass is 16.4. The van der Waals surface area contributed by atoms with Gasteiger partial charge in [-0.2, -0.15) is 0 Å². The summed E-state index contributed by atoms with van der Waals surface area (Å²) >= 11 is 0. The van der Waals surface area contributed by atoms with E-state index >= 15 is 0 Å². The fraction of sp³-hybridized carbons (Fsp3) is 0.500. The Hall–Kier alpha value is -1.62. The van der Waals surface area contributed by atoms with Crippen LogP contribution in [0.1, 0.15) is 18.4 Å². The minimum absolute atomic E-state index is 0.431. The Bertz CT molecular complexity index is 441. The second-order valence-corrected chi connectivity index (χ2v) is 4.74. The lowest BCUT2D eigenvalue weighted by molar-refractivity contribution is -0.139. The van der Waals surface area contributed by atoms with Crippen molar-refractivity contribution in [3.8, 4) is 0 Å². The highest BCUT2D eigenvalue weighted by molar-refractivity contribution is 5.77. The largest absolute Gasteiger partial charge is 0.480 e. The third-order valence-electron chi connectivity index (χ3n) is 3.40. The van der Waals surface area contributed by atoms with Gasteiger partial charge in [0, 0.05) is 31.3 Å². The van der Waals surface area contributed by atoms with E-state index in [0.29, 0.717) is 0 Å². The Balaban J connectivity index is 2.44. The Morgan fingerprint density at radius 3 is 2.71 bits per heavy atom. The van der Waals surface area contributed by atoms with Crippen LogP contribution in [-0.4, -0.2) is 36.2 Å². The molecule has 1 atom stereocenters. The van der Waals surface area contributed by atoms with Crippen molar-refractivity contribution in [1.82, 2.24) is 4.98 Å². The van der Waals surface area contributed by atoms with Gasteiger partial charge in [0.2, 0.25) is 0 Å². The first-order valence-corrected chi connectivity index (χ1v) is 5.60. The number of carboxylic acids is 1. The molecule has 0 saturated heterocycles. The molecule has 0 bridgehead atoms. The number of aromatic nitrogens is 1. The summed E-state index contributed by atoms with van der Waals surface area (Å²) in [5, 5.41) is 9.09. The molecule has 0 radical (unpaired) electrons. The van der Waals surface area contributed by atoms with E-state index < -0.39 is 17.4 Å². The van der Waals surface area contributed by atoms with Crippen molar-refractivity contribution in [3.63, 3.8) is 0 Å². The maximum atomic E-state index is 11.1. The molecule has 1 aliphatic carbocycles. The van der Waals surface area contributed by atoms with E-state index in [-0.39, 0.29) is 0 Å². The first-order valence-electron chi connectivity index (χ1n) is 5.60. The van der Waals surface area contributed by atoms with Crippen molar-refractivity contribution < 1.29 is 9.90 Å². The number of aliphatic carboxylic acids is 1. The summed E-state index contributed by atoms with van der Waals surface area (Å²) in [6.45, 7) is 0. The van der Waals surface area contributed by atoms with Crippen LogP contribution in [0.3, 0.4) is 0 Å². The predicted molar refractivity (Wildman–Crippen MR) is 65.1 cm³/mol. The van der Waals surface area contributed by atoms with Crippen LogP contribution in [0.25, 0.3) is 0 Å². The van der Waals surface area contributed by atoms with E-state index in [9.17, 15) is 4.79 Å². The van der Waals surface area contributed by atoms with Crippen LogP contribution in [-0.2, 0) is 10.2 Å². The minimum atomic E-state index is -0.948. The number of carbonyl (C=O) groups is 1. The van der Waals surface area contributed by atoms with Gasteiger partial charge in [-0.15, -0.1) is 0 Å². The van der Waals surface area contributed by atoms with Crippen LogP contribution in [0.4, 0.5) is 5.82 Å². The van der Waals surface area contributed by atoms with Crippen LogP contribution >= 0.6 is 0 Å².